The standard InChI is InChI=1S/C16H26N4/c1-12(2)17-9-13-10-18-16(19-11-13)20-8-7-14-5-3-4-6-15(14)20/h10-12,14-15,17H,3-9H2,1-2H3. The number of rotatable bonds is 4. The van der Waals surface area contributed by atoms with Crippen LogP contribution >= 0.6 is 0 Å². The van der Waals surface area contributed by atoms with Crippen LogP contribution in [0, 0.1) is 5.92 Å². The van der Waals surface area contributed by atoms with Gasteiger partial charge in [-0.3, -0.25) is 0 Å². The summed E-state index contributed by atoms with van der Waals surface area (Å²) in [6.45, 7) is 6.30. The summed E-state index contributed by atoms with van der Waals surface area (Å²) in [5.41, 5.74) is 1.17. The maximum atomic E-state index is 4.60. The van der Waals surface area contributed by atoms with Gasteiger partial charge in [0.15, 0.2) is 0 Å². The Kier molecular flexibility index (Phi) is 4.20. The maximum absolute atomic E-state index is 4.60. The molecule has 0 radical (unpaired) electrons. The summed E-state index contributed by atoms with van der Waals surface area (Å²) in [6.07, 6.45) is 10.8. The minimum atomic E-state index is 0.497. The number of aromatic nitrogens is 2. The van der Waals surface area contributed by atoms with Gasteiger partial charge < -0.3 is 10.2 Å². The van der Waals surface area contributed by atoms with Crippen molar-refractivity contribution in [2.24, 2.45) is 5.92 Å². The molecule has 1 aliphatic heterocycles. The summed E-state index contributed by atoms with van der Waals surface area (Å²) in [7, 11) is 0. The molecule has 0 aromatic carbocycles. The minimum absolute atomic E-state index is 0.497. The van der Waals surface area contributed by atoms with Gasteiger partial charge in [0.1, 0.15) is 0 Å². The van der Waals surface area contributed by atoms with E-state index in [4.69, 9.17) is 0 Å². The number of hydrogen-bond acceptors (Lipinski definition) is 4. The van der Waals surface area contributed by atoms with Crippen LogP contribution in [0.1, 0.15) is 51.5 Å². The Morgan fingerprint density at radius 1 is 1.20 bits per heavy atom. The van der Waals surface area contributed by atoms with E-state index in [2.05, 4.69) is 34.0 Å². The van der Waals surface area contributed by atoms with Crippen molar-refractivity contribution in [3.8, 4) is 0 Å². The van der Waals surface area contributed by atoms with Gasteiger partial charge in [0.2, 0.25) is 5.95 Å². The molecule has 3 rings (SSSR count). The molecule has 1 saturated heterocycles. The third-order valence-electron chi connectivity index (χ3n) is 4.67. The molecule has 1 saturated carbocycles. The zero-order valence-electron chi connectivity index (χ0n) is 12.7. The molecule has 1 aromatic rings. The van der Waals surface area contributed by atoms with Crippen molar-refractivity contribution in [1.29, 1.82) is 0 Å². The summed E-state index contributed by atoms with van der Waals surface area (Å²) < 4.78 is 0. The van der Waals surface area contributed by atoms with Crippen molar-refractivity contribution in [3.05, 3.63) is 18.0 Å². The third kappa shape index (κ3) is 2.95. The van der Waals surface area contributed by atoms with E-state index in [9.17, 15) is 0 Å². The van der Waals surface area contributed by atoms with Crippen molar-refractivity contribution in [2.75, 3.05) is 11.4 Å². The zero-order valence-corrected chi connectivity index (χ0v) is 12.7. The van der Waals surface area contributed by atoms with Gasteiger partial charge in [0.05, 0.1) is 0 Å². The second kappa shape index (κ2) is 6.08. The van der Waals surface area contributed by atoms with Crippen LogP contribution in [0.5, 0.6) is 0 Å². The number of nitrogens with zero attached hydrogens (tertiary/aromatic N) is 3. The Labute approximate surface area is 122 Å². The Morgan fingerprint density at radius 2 is 1.95 bits per heavy atom. The van der Waals surface area contributed by atoms with E-state index in [0.29, 0.717) is 12.1 Å². The molecule has 20 heavy (non-hydrogen) atoms. The lowest BCUT2D eigenvalue weighted by Crippen LogP contribution is -2.35. The van der Waals surface area contributed by atoms with Crippen molar-refractivity contribution in [3.63, 3.8) is 0 Å². The average molecular weight is 274 g/mol. The summed E-state index contributed by atoms with van der Waals surface area (Å²) in [5, 5.41) is 3.40. The molecule has 1 aliphatic carbocycles. The van der Waals surface area contributed by atoms with Gasteiger partial charge in [-0.15, -0.1) is 0 Å². The van der Waals surface area contributed by atoms with Gasteiger partial charge in [-0.05, 0) is 25.2 Å². The Bertz CT molecular complexity index is 429. The van der Waals surface area contributed by atoms with E-state index in [1.807, 2.05) is 12.4 Å². The quantitative estimate of drug-likeness (QED) is 0.916. The SMILES string of the molecule is CC(C)NCc1cnc(N2CCC3CCCCC32)nc1. The largest absolute Gasteiger partial charge is 0.338 e. The predicted octanol–water partition coefficient (Wildman–Crippen LogP) is 2.74. The number of nitrogens with one attached hydrogen (secondary N) is 1. The van der Waals surface area contributed by atoms with Crippen LogP contribution in [0.2, 0.25) is 0 Å². The molecule has 4 nitrogen and oxygen atoms in total. The fraction of sp³-hybridized carbons (Fsp3) is 0.750. The van der Waals surface area contributed by atoms with Gasteiger partial charge in [0.25, 0.3) is 0 Å². The lowest BCUT2D eigenvalue weighted by molar-refractivity contribution is 0.341. The minimum Gasteiger partial charge on any atom is -0.338 e. The van der Waals surface area contributed by atoms with E-state index in [-0.39, 0.29) is 0 Å². The van der Waals surface area contributed by atoms with E-state index in [1.165, 1.54) is 37.7 Å². The normalized spacial score (nSPS) is 26.1. The van der Waals surface area contributed by atoms with Gasteiger partial charge in [-0.2, -0.15) is 0 Å². The highest BCUT2D eigenvalue weighted by Gasteiger charge is 2.36. The summed E-state index contributed by atoms with van der Waals surface area (Å²) in [5.74, 6) is 1.82. The molecule has 1 aromatic heterocycles. The fourth-order valence-electron chi connectivity index (χ4n) is 3.56. The van der Waals surface area contributed by atoms with Crippen LogP contribution in [0.3, 0.4) is 0 Å². The highest BCUT2D eigenvalue weighted by molar-refractivity contribution is 5.34. The molecule has 0 bridgehead atoms. The first-order valence-corrected chi connectivity index (χ1v) is 8.05. The molecule has 2 aliphatic rings. The molecule has 1 N–H and O–H groups in total. The van der Waals surface area contributed by atoms with Crippen molar-refractivity contribution in [2.45, 2.75) is 64.6 Å². The van der Waals surface area contributed by atoms with E-state index < -0.39 is 0 Å². The molecule has 2 fully saturated rings. The summed E-state index contributed by atoms with van der Waals surface area (Å²) in [6, 6.07) is 1.19. The molecule has 2 unspecified atom stereocenters. The van der Waals surface area contributed by atoms with Gasteiger partial charge in [-0.25, -0.2) is 9.97 Å². The van der Waals surface area contributed by atoms with Crippen LogP contribution in [0.4, 0.5) is 5.95 Å². The molecule has 110 valence electrons. The average Bonchev–Trinajstić information content (AvgIpc) is 2.89. The van der Waals surface area contributed by atoms with Gasteiger partial charge in [0, 0.05) is 43.1 Å². The van der Waals surface area contributed by atoms with Crippen LogP contribution in [-0.4, -0.2) is 28.6 Å². The van der Waals surface area contributed by atoms with E-state index in [0.717, 1.165) is 25.0 Å². The van der Waals surface area contributed by atoms with Crippen molar-refractivity contribution < 1.29 is 0 Å². The molecule has 0 spiro atoms. The third-order valence-corrected chi connectivity index (χ3v) is 4.67. The number of fused-ring (bicyclic) bond motifs is 1. The monoisotopic (exact) mass is 274 g/mol. The van der Waals surface area contributed by atoms with Gasteiger partial charge >= 0.3 is 0 Å². The van der Waals surface area contributed by atoms with Crippen LogP contribution in [0.25, 0.3) is 0 Å². The number of anilines is 1. The zero-order chi connectivity index (χ0) is 13.9. The topological polar surface area (TPSA) is 41.1 Å². The second-order valence-electron chi connectivity index (χ2n) is 6.52. The second-order valence-corrected chi connectivity index (χ2v) is 6.52. The molecular weight excluding hydrogens is 248 g/mol. The molecule has 4 heteroatoms. The maximum Gasteiger partial charge on any atom is 0.225 e. The molecule has 2 heterocycles. The summed E-state index contributed by atoms with van der Waals surface area (Å²) in [4.78, 5) is 11.7. The van der Waals surface area contributed by atoms with Crippen LogP contribution in [0.15, 0.2) is 12.4 Å². The van der Waals surface area contributed by atoms with Crippen LogP contribution in [-0.2, 0) is 6.54 Å². The predicted molar refractivity (Wildman–Crippen MR) is 81.7 cm³/mol. The van der Waals surface area contributed by atoms with E-state index in [1.54, 1.807) is 0 Å². The highest BCUT2D eigenvalue weighted by Crippen LogP contribution is 2.37. The fourth-order valence-corrected chi connectivity index (χ4v) is 3.56. The lowest BCUT2D eigenvalue weighted by Gasteiger charge is -2.31. The smallest absolute Gasteiger partial charge is 0.225 e. The first-order valence-electron chi connectivity index (χ1n) is 8.05. The molecule has 2 atom stereocenters. The van der Waals surface area contributed by atoms with Crippen LogP contribution < -0.4 is 10.2 Å². The molecular formula is C16H26N4. The Balaban J connectivity index is 1.65. The van der Waals surface area contributed by atoms with Crippen molar-refractivity contribution >= 4 is 5.95 Å². The Hall–Kier alpha value is -1.16. The van der Waals surface area contributed by atoms with Gasteiger partial charge in [-0.1, -0.05) is 26.7 Å². The highest BCUT2D eigenvalue weighted by atomic mass is 15.3. The lowest BCUT2D eigenvalue weighted by atomic mass is 9.85. The van der Waals surface area contributed by atoms with E-state index >= 15 is 0 Å². The summed E-state index contributed by atoms with van der Waals surface area (Å²) >= 11 is 0. The first kappa shape index (κ1) is 13.8. The first-order chi connectivity index (χ1) is 9.74. The van der Waals surface area contributed by atoms with Crippen molar-refractivity contribution in [1.82, 2.24) is 15.3 Å². The Morgan fingerprint density at radius 3 is 2.70 bits per heavy atom. The molecule has 0 amide bonds. The number of hydrogen-bond donors (Lipinski definition) is 1.